The molecule has 0 saturated heterocycles. The molecule has 0 spiro atoms. The summed E-state index contributed by atoms with van der Waals surface area (Å²) in [6.07, 6.45) is 0.725. The monoisotopic (exact) mass is 587 g/mol. The molecule has 5 aromatic rings. The first-order valence-corrected chi connectivity index (χ1v) is 14.8. The topological polar surface area (TPSA) is 123 Å². The second kappa shape index (κ2) is 11.2. The predicted molar refractivity (Wildman–Crippen MR) is 160 cm³/mol. The Morgan fingerprint density at radius 2 is 2.10 bits per heavy atom. The number of methoxy groups -OCH3 is 1. The summed E-state index contributed by atoms with van der Waals surface area (Å²) in [5.74, 6) is -0.0433. The highest BCUT2D eigenvalue weighted by Gasteiger charge is 2.27. The van der Waals surface area contributed by atoms with E-state index in [-0.39, 0.29) is 18.4 Å². The van der Waals surface area contributed by atoms with Crippen LogP contribution in [0.3, 0.4) is 0 Å². The zero-order chi connectivity index (χ0) is 29.5. The maximum Gasteiger partial charge on any atom is 0.304 e. The maximum atomic E-state index is 12.2. The Hall–Kier alpha value is -4.22. The average molecular weight is 588 g/mol. The number of aryl methyl sites for hydroxylation is 2. The molecular formula is C31H33N5O5S. The van der Waals surface area contributed by atoms with Gasteiger partial charge < -0.3 is 19.7 Å². The normalized spacial score (nSPS) is 16.2. The van der Waals surface area contributed by atoms with Gasteiger partial charge in [-0.05, 0) is 70.6 Å². The zero-order valence-corrected chi connectivity index (χ0v) is 24.8. The van der Waals surface area contributed by atoms with Gasteiger partial charge in [-0.3, -0.25) is 9.69 Å². The highest BCUT2D eigenvalue weighted by Crippen LogP contribution is 2.40. The minimum Gasteiger partial charge on any atom is -0.494 e. The molecule has 218 valence electrons. The van der Waals surface area contributed by atoms with Crippen LogP contribution in [0, 0.1) is 6.92 Å². The fraction of sp³-hybridized carbons (Fsp3) is 0.355. The molecular weight excluding hydrogens is 554 g/mol. The van der Waals surface area contributed by atoms with E-state index in [0.717, 1.165) is 44.3 Å². The summed E-state index contributed by atoms with van der Waals surface area (Å²) in [7, 11) is 3.42. The first-order valence-electron chi connectivity index (χ1n) is 13.9. The van der Waals surface area contributed by atoms with Gasteiger partial charge in [0.05, 0.1) is 13.5 Å². The molecule has 42 heavy (non-hydrogen) atoms. The van der Waals surface area contributed by atoms with Crippen molar-refractivity contribution in [3.8, 4) is 17.4 Å². The number of hydrogen-bond acceptors (Lipinski definition) is 9. The van der Waals surface area contributed by atoms with Crippen LogP contribution in [0.5, 0.6) is 17.4 Å². The maximum absolute atomic E-state index is 12.2. The van der Waals surface area contributed by atoms with Crippen molar-refractivity contribution in [2.45, 2.75) is 51.8 Å². The molecule has 10 nitrogen and oxygen atoms in total. The zero-order valence-electron chi connectivity index (χ0n) is 24.0. The van der Waals surface area contributed by atoms with E-state index in [1.807, 2.05) is 20.0 Å². The van der Waals surface area contributed by atoms with Crippen molar-refractivity contribution in [2.75, 3.05) is 13.7 Å². The smallest absolute Gasteiger partial charge is 0.304 e. The first-order chi connectivity index (χ1) is 20.2. The molecule has 2 atom stereocenters. The van der Waals surface area contributed by atoms with Crippen LogP contribution < -0.4 is 9.47 Å². The summed E-state index contributed by atoms with van der Waals surface area (Å²) < 4.78 is 14.8. The molecule has 0 unspecified atom stereocenters. The lowest BCUT2D eigenvalue weighted by molar-refractivity contribution is -0.137. The summed E-state index contributed by atoms with van der Waals surface area (Å²) in [5, 5.41) is 31.8. The molecule has 4 heterocycles. The molecule has 0 radical (unpaired) electrons. The molecule has 0 amide bonds. The fourth-order valence-electron chi connectivity index (χ4n) is 5.99. The van der Waals surface area contributed by atoms with Gasteiger partial charge in [0.2, 0.25) is 5.88 Å². The van der Waals surface area contributed by atoms with E-state index in [9.17, 15) is 15.0 Å². The van der Waals surface area contributed by atoms with E-state index in [0.29, 0.717) is 42.3 Å². The Kier molecular flexibility index (Phi) is 7.46. The van der Waals surface area contributed by atoms with Crippen LogP contribution in [-0.4, -0.2) is 60.8 Å². The standard InChI is InChI=1S/C31H33N5O5S/c1-5-21-15-36(16-24-25(41-21)6-7-27(37)32-24)14-20-11-19(10-18-8-9-42-31(18)20)23(13-28(38)39)22-12-26(40-4)30-29(17(22)2)33-34-35(30)3/h6-12,21,23H,5,13-16H2,1-4H3,(H,32,37)(H,38,39)/t21-,23-/m1/s1. The Morgan fingerprint density at radius 3 is 2.86 bits per heavy atom. The number of aliphatic carboxylic acids is 1. The third kappa shape index (κ3) is 5.14. The highest BCUT2D eigenvalue weighted by molar-refractivity contribution is 7.17. The number of nitrogens with zero attached hydrogens (tertiary/aromatic N) is 5. The quantitative estimate of drug-likeness (QED) is 0.246. The molecule has 1 aliphatic rings. The van der Waals surface area contributed by atoms with E-state index in [1.165, 1.54) is 0 Å². The number of carboxylic acid groups (broad SMARTS) is 1. The lowest BCUT2D eigenvalue weighted by atomic mass is 9.84. The molecule has 11 heteroatoms. The van der Waals surface area contributed by atoms with E-state index in [2.05, 4.69) is 50.7 Å². The number of thiophene rings is 1. The number of carboxylic acids is 1. The van der Waals surface area contributed by atoms with E-state index in [4.69, 9.17) is 9.47 Å². The first kappa shape index (κ1) is 27.9. The van der Waals surface area contributed by atoms with E-state index >= 15 is 0 Å². The Balaban J connectivity index is 1.45. The van der Waals surface area contributed by atoms with Crippen LogP contribution in [-0.2, 0) is 24.9 Å². The van der Waals surface area contributed by atoms with Crippen LogP contribution in [0.2, 0.25) is 0 Å². The van der Waals surface area contributed by atoms with Crippen molar-refractivity contribution in [2.24, 2.45) is 7.05 Å². The van der Waals surface area contributed by atoms with Gasteiger partial charge in [-0.1, -0.05) is 18.2 Å². The van der Waals surface area contributed by atoms with Gasteiger partial charge in [-0.25, -0.2) is 9.67 Å². The number of hydrogen-bond donors (Lipinski definition) is 2. The summed E-state index contributed by atoms with van der Waals surface area (Å²) in [4.78, 5) is 18.9. The molecule has 0 saturated carbocycles. The van der Waals surface area contributed by atoms with Crippen LogP contribution in [0.4, 0.5) is 0 Å². The van der Waals surface area contributed by atoms with Gasteiger partial charge in [0, 0.05) is 43.4 Å². The third-order valence-electron chi connectivity index (χ3n) is 8.06. The van der Waals surface area contributed by atoms with E-state index in [1.54, 1.807) is 35.3 Å². The Morgan fingerprint density at radius 1 is 1.26 bits per heavy atom. The summed E-state index contributed by atoms with van der Waals surface area (Å²) in [5.41, 5.74) is 5.94. The van der Waals surface area contributed by atoms with Gasteiger partial charge in [0.15, 0.2) is 0 Å². The minimum absolute atomic E-state index is 0.0202. The largest absolute Gasteiger partial charge is 0.494 e. The Bertz CT molecular complexity index is 1800. The number of benzene rings is 2. The third-order valence-corrected chi connectivity index (χ3v) is 9.06. The van der Waals surface area contributed by atoms with Crippen molar-refractivity contribution in [3.05, 3.63) is 69.7 Å². The number of aromatic nitrogens is 4. The number of aromatic hydroxyl groups is 1. The molecule has 2 aromatic carbocycles. The van der Waals surface area contributed by atoms with Crippen molar-refractivity contribution in [1.82, 2.24) is 24.9 Å². The van der Waals surface area contributed by atoms with Crippen LogP contribution >= 0.6 is 11.3 Å². The van der Waals surface area contributed by atoms with E-state index < -0.39 is 11.9 Å². The lowest BCUT2D eigenvalue weighted by Gasteiger charge is -2.25. The van der Waals surface area contributed by atoms with Crippen LogP contribution in [0.15, 0.2) is 41.8 Å². The van der Waals surface area contributed by atoms with Gasteiger partial charge >= 0.3 is 5.97 Å². The molecule has 0 fully saturated rings. The number of ether oxygens (including phenoxy) is 2. The number of rotatable bonds is 8. The molecule has 3 aromatic heterocycles. The van der Waals surface area contributed by atoms with Crippen molar-refractivity contribution in [3.63, 3.8) is 0 Å². The molecule has 1 aliphatic heterocycles. The molecule has 6 rings (SSSR count). The van der Waals surface area contributed by atoms with Gasteiger partial charge in [-0.2, -0.15) is 0 Å². The lowest BCUT2D eigenvalue weighted by Crippen LogP contribution is -2.32. The van der Waals surface area contributed by atoms with Gasteiger partial charge in [0.25, 0.3) is 0 Å². The minimum atomic E-state index is -0.887. The second-order valence-electron chi connectivity index (χ2n) is 10.8. The van der Waals surface area contributed by atoms with Crippen molar-refractivity contribution in [1.29, 1.82) is 0 Å². The van der Waals surface area contributed by atoms with Crippen LogP contribution in [0.25, 0.3) is 21.1 Å². The van der Waals surface area contributed by atoms with Crippen molar-refractivity contribution >= 4 is 38.4 Å². The second-order valence-corrected chi connectivity index (χ2v) is 11.7. The number of pyridine rings is 1. The predicted octanol–water partition coefficient (Wildman–Crippen LogP) is 5.38. The molecule has 0 aliphatic carbocycles. The summed E-state index contributed by atoms with van der Waals surface area (Å²) >= 11 is 1.68. The Labute approximate surface area is 247 Å². The fourth-order valence-corrected chi connectivity index (χ4v) is 6.88. The SMILES string of the molecule is CC[C@@H]1CN(Cc2cc([C@@H](CC(=O)O)c3cc(OC)c4c(nnn4C)c3C)cc3ccsc23)Cc2nc(O)ccc2O1. The summed E-state index contributed by atoms with van der Waals surface area (Å²) in [6.45, 7) is 5.90. The molecule has 2 N–H and O–H groups in total. The average Bonchev–Trinajstić information content (AvgIpc) is 3.56. The summed E-state index contributed by atoms with van der Waals surface area (Å²) in [6, 6.07) is 11.6. The number of fused-ring (bicyclic) bond motifs is 3. The molecule has 0 bridgehead atoms. The van der Waals surface area contributed by atoms with Crippen LogP contribution in [0.1, 0.15) is 53.6 Å². The van der Waals surface area contributed by atoms with Gasteiger partial charge in [-0.15, -0.1) is 16.4 Å². The van der Waals surface area contributed by atoms with Gasteiger partial charge in [0.1, 0.15) is 34.3 Å². The highest BCUT2D eigenvalue weighted by atomic mass is 32.1. The number of carbonyl (C=O) groups is 1. The van der Waals surface area contributed by atoms with Crippen molar-refractivity contribution < 1.29 is 24.5 Å².